The van der Waals surface area contributed by atoms with Gasteiger partial charge < -0.3 is 11.1 Å². The molecule has 0 amide bonds. The van der Waals surface area contributed by atoms with E-state index in [2.05, 4.69) is 26.2 Å². The number of pyridine rings is 1. The Morgan fingerprint density at radius 2 is 2.41 bits per heavy atom. The van der Waals surface area contributed by atoms with Crippen molar-refractivity contribution in [2.45, 2.75) is 12.8 Å². The van der Waals surface area contributed by atoms with Gasteiger partial charge in [-0.15, -0.1) is 0 Å². The summed E-state index contributed by atoms with van der Waals surface area (Å²) in [4.78, 5) is 4.59. The molecule has 3 rings (SSSR count). The van der Waals surface area contributed by atoms with Gasteiger partial charge in [-0.2, -0.15) is 0 Å². The number of imidazole rings is 1. The van der Waals surface area contributed by atoms with Gasteiger partial charge in [-0.3, -0.25) is 4.40 Å². The fraction of sp³-hybridized carbons (Fsp3) is 0.417. The summed E-state index contributed by atoms with van der Waals surface area (Å²) in [6.07, 6.45) is 2.20. The van der Waals surface area contributed by atoms with Crippen molar-refractivity contribution in [3.63, 3.8) is 0 Å². The second-order valence-electron chi connectivity index (χ2n) is 4.55. The van der Waals surface area contributed by atoms with Crippen molar-refractivity contribution in [2.75, 3.05) is 18.8 Å². The van der Waals surface area contributed by atoms with Crippen LogP contribution in [0.25, 0.3) is 5.52 Å². The van der Waals surface area contributed by atoms with Crippen LogP contribution < -0.4 is 11.1 Å². The Morgan fingerprint density at radius 3 is 3.18 bits per heavy atom. The molecule has 0 radical (unpaired) electrons. The van der Waals surface area contributed by atoms with E-state index in [1.807, 2.05) is 22.6 Å². The molecule has 3 N–H and O–H groups in total. The molecule has 5 heteroatoms. The van der Waals surface area contributed by atoms with Gasteiger partial charge in [0.25, 0.3) is 0 Å². The summed E-state index contributed by atoms with van der Waals surface area (Å²) in [6, 6.07) is 5.90. The van der Waals surface area contributed by atoms with Crippen LogP contribution in [0.5, 0.6) is 0 Å². The minimum atomic E-state index is 0.673. The van der Waals surface area contributed by atoms with E-state index in [-0.39, 0.29) is 0 Å². The molecule has 1 fully saturated rings. The largest absolute Gasteiger partial charge is 0.385 e. The smallest absolute Gasteiger partial charge is 0.132 e. The molecule has 1 aliphatic rings. The molecule has 0 aliphatic carbocycles. The lowest BCUT2D eigenvalue weighted by molar-refractivity contribution is 0.560. The fourth-order valence-electron chi connectivity index (χ4n) is 2.48. The molecule has 90 valence electrons. The predicted octanol–water partition coefficient (Wildman–Crippen LogP) is 1.83. The SMILES string of the molecule is Nc1cccc2c(Br)nc(CC3CCNC3)n12. The van der Waals surface area contributed by atoms with E-state index in [1.165, 1.54) is 6.42 Å². The molecule has 3 heterocycles. The van der Waals surface area contributed by atoms with Crippen molar-refractivity contribution in [1.29, 1.82) is 0 Å². The zero-order valence-corrected chi connectivity index (χ0v) is 11.1. The number of nitrogens with one attached hydrogen (secondary N) is 1. The lowest BCUT2D eigenvalue weighted by Crippen LogP contribution is -2.13. The van der Waals surface area contributed by atoms with Crippen molar-refractivity contribution < 1.29 is 0 Å². The Labute approximate surface area is 108 Å². The summed E-state index contributed by atoms with van der Waals surface area (Å²) in [7, 11) is 0. The van der Waals surface area contributed by atoms with Gasteiger partial charge in [-0.25, -0.2) is 4.98 Å². The summed E-state index contributed by atoms with van der Waals surface area (Å²) in [5.41, 5.74) is 7.08. The Hall–Kier alpha value is -1.07. The summed E-state index contributed by atoms with van der Waals surface area (Å²) in [5, 5.41) is 3.38. The highest BCUT2D eigenvalue weighted by Gasteiger charge is 2.19. The molecule has 1 saturated heterocycles. The number of nitrogen functional groups attached to an aromatic ring is 1. The topological polar surface area (TPSA) is 55.3 Å². The van der Waals surface area contributed by atoms with E-state index >= 15 is 0 Å². The van der Waals surface area contributed by atoms with Gasteiger partial charge >= 0.3 is 0 Å². The number of nitrogens with two attached hydrogens (primary N) is 1. The van der Waals surface area contributed by atoms with Gasteiger partial charge in [0, 0.05) is 6.42 Å². The maximum atomic E-state index is 6.03. The number of aromatic nitrogens is 2. The van der Waals surface area contributed by atoms with Crippen molar-refractivity contribution in [2.24, 2.45) is 5.92 Å². The summed E-state index contributed by atoms with van der Waals surface area (Å²) < 4.78 is 2.92. The molecule has 4 nitrogen and oxygen atoms in total. The highest BCUT2D eigenvalue weighted by molar-refractivity contribution is 9.10. The van der Waals surface area contributed by atoms with Crippen molar-refractivity contribution in [3.05, 3.63) is 28.6 Å². The highest BCUT2D eigenvalue weighted by atomic mass is 79.9. The third kappa shape index (κ3) is 1.93. The molecule has 0 bridgehead atoms. The van der Waals surface area contributed by atoms with Crippen LogP contribution in [0.4, 0.5) is 5.82 Å². The average Bonchev–Trinajstić information content (AvgIpc) is 2.90. The van der Waals surface area contributed by atoms with Crippen molar-refractivity contribution in [1.82, 2.24) is 14.7 Å². The number of fused-ring (bicyclic) bond motifs is 1. The minimum Gasteiger partial charge on any atom is -0.385 e. The Morgan fingerprint density at radius 1 is 1.53 bits per heavy atom. The van der Waals surface area contributed by atoms with Crippen molar-refractivity contribution in [3.8, 4) is 0 Å². The van der Waals surface area contributed by atoms with Gasteiger partial charge in [0.2, 0.25) is 0 Å². The Bertz CT molecular complexity index is 543. The molecule has 1 unspecified atom stereocenters. The third-order valence-electron chi connectivity index (χ3n) is 3.35. The highest BCUT2D eigenvalue weighted by Crippen LogP contribution is 2.24. The van der Waals surface area contributed by atoms with Crippen LogP contribution >= 0.6 is 15.9 Å². The number of hydrogen-bond acceptors (Lipinski definition) is 3. The molecule has 2 aromatic heterocycles. The molecular weight excluding hydrogens is 280 g/mol. The van der Waals surface area contributed by atoms with Crippen LogP contribution in [0.3, 0.4) is 0 Å². The Balaban J connectivity index is 2.03. The number of hydrogen-bond donors (Lipinski definition) is 2. The van der Waals surface area contributed by atoms with Crippen LogP contribution in [-0.2, 0) is 6.42 Å². The van der Waals surface area contributed by atoms with Gasteiger partial charge in [0.15, 0.2) is 0 Å². The van der Waals surface area contributed by atoms with E-state index < -0.39 is 0 Å². The number of halogens is 1. The molecule has 2 aromatic rings. The average molecular weight is 295 g/mol. The monoisotopic (exact) mass is 294 g/mol. The molecule has 0 aromatic carbocycles. The normalized spacial score (nSPS) is 20.2. The van der Waals surface area contributed by atoms with Crippen LogP contribution in [0.2, 0.25) is 0 Å². The maximum Gasteiger partial charge on any atom is 0.132 e. The number of anilines is 1. The maximum absolute atomic E-state index is 6.03. The van der Waals surface area contributed by atoms with E-state index in [0.717, 1.165) is 41.3 Å². The van der Waals surface area contributed by atoms with Crippen LogP contribution in [0, 0.1) is 5.92 Å². The number of rotatable bonds is 2. The zero-order chi connectivity index (χ0) is 11.8. The molecular formula is C12H15BrN4. The van der Waals surface area contributed by atoms with E-state index in [1.54, 1.807) is 0 Å². The number of nitrogens with zero attached hydrogens (tertiary/aromatic N) is 2. The molecule has 1 atom stereocenters. The first-order chi connectivity index (χ1) is 8.25. The summed E-state index contributed by atoms with van der Waals surface area (Å²) in [6.45, 7) is 2.20. The van der Waals surface area contributed by atoms with Gasteiger partial charge in [-0.05, 0) is 53.5 Å². The molecule has 17 heavy (non-hydrogen) atoms. The summed E-state index contributed by atoms with van der Waals surface area (Å²) >= 11 is 3.50. The van der Waals surface area contributed by atoms with E-state index in [9.17, 15) is 0 Å². The second-order valence-corrected chi connectivity index (χ2v) is 5.30. The molecule has 1 aliphatic heterocycles. The van der Waals surface area contributed by atoms with Gasteiger partial charge in [-0.1, -0.05) is 6.07 Å². The molecule has 0 spiro atoms. The lowest BCUT2D eigenvalue weighted by Gasteiger charge is -2.08. The van der Waals surface area contributed by atoms with Crippen molar-refractivity contribution >= 4 is 27.3 Å². The van der Waals surface area contributed by atoms with Gasteiger partial charge in [0.1, 0.15) is 16.2 Å². The predicted molar refractivity (Wildman–Crippen MR) is 72.0 cm³/mol. The quantitative estimate of drug-likeness (QED) is 0.888. The zero-order valence-electron chi connectivity index (χ0n) is 9.49. The Kier molecular flexibility index (Phi) is 2.80. The van der Waals surface area contributed by atoms with Crippen LogP contribution in [-0.4, -0.2) is 22.5 Å². The van der Waals surface area contributed by atoms with Gasteiger partial charge in [0.05, 0.1) is 5.52 Å². The minimum absolute atomic E-state index is 0.673. The standard InChI is InChI=1S/C12H15BrN4/c13-12-9-2-1-3-10(14)17(9)11(16-12)6-8-4-5-15-7-8/h1-3,8,15H,4-7,14H2. The van der Waals surface area contributed by atoms with Crippen LogP contribution in [0.15, 0.2) is 22.8 Å². The molecule has 0 saturated carbocycles. The summed E-state index contributed by atoms with van der Waals surface area (Å²) in [5.74, 6) is 2.48. The lowest BCUT2D eigenvalue weighted by atomic mass is 10.0. The first-order valence-electron chi connectivity index (χ1n) is 5.88. The second kappa shape index (κ2) is 4.31. The van der Waals surface area contributed by atoms with E-state index in [4.69, 9.17) is 5.73 Å². The van der Waals surface area contributed by atoms with Crippen LogP contribution in [0.1, 0.15) is 12.2 Å². The first-order valence-corrected chi connectivity index (χ1v) is 6.67. The fourth-order valence-corrected chi connectivity index (χ4v) is 2.99. The van der Waals surface area contributed by atoms with E-state index in [0.29, 0.717) is 5.92 Å². The third-order valence-corrected chi connectivity index (χ3v) is 3.93. The first kappa shape index (κ1) is 11.0.